The van der Waals surface area contributed by atoms with Gasteiger partial charge in [-0.25, -0.2) is 13.2 Å². The number of thiophene rings is 1. The van der Waals surface area contributed by atoms with Crippen LogP contribution in [0.4, 0.5) is 13.2 Å². The molecule has 2 aromatic rings. The molecular formula is C9H4F3IS. The Balaban J connectivity index is 2.83. The third-order valence-corrected chi connectivity index (χ3v) is 3.79. The summed E-state index contributed by atoms with van der Waals surface area (Å²) >= 11 is 2.97. The molecular weight excluding hydrogens is 324 g/mol. The zero-order chi connectivity index (χ0) is 10.3. The molecule has 5 heteroatoms. The maximum Gasteiger partial charge on any atom is 0.265 e. The Morgan fingerprint density at radius 2 is 2.00 bits per heavy atom. The Morgan fingerprint density at radius 1 is 1.29 bits per heavy atom. The molecule has 0 aliphatic heterocycles. The molecule has 1 aromatic heterocycles. The Bertz CT molecular complexity index is 478. The molecule has 0 saturated carbocycles. The van der Waals surface area contributed by atoms with E-state index in [-0.39, 0.29) is 5.56 Å². The van der Waals surface area contributed by atoms with Crippen LogP contribution in [0.5, 0.6) is 0 Å². The summed E-state index contributed by atoms with van der Waals surface area (Å²) < 4.78 is 39.3. The molecule has 0 spiro atoms. The maximum atomic E-state index is 13.2. The fourth-order valence-electron chi connectivity index (χ4n) is 1.27. The van der Waals surface area contributed by atoms with Crippen molar-refractivity contribution < 1.29 is 13.2 Å². The van der Waals surface area contributed by atoms with E-state index >= 15 is 0 Å². The van der Waals surface area contributed by atoms with Gasteiger partial charge in [0.1, 0.15) is 5.82 Å². The Hall–Kier alpha value is -0.300. The van der Waals surface area contributed by atoms with Gasteiger partial charge in [-0.15, -0.1) is 11.3 Å². The predicted octanol–water partition coefficient (Wildman–Crippen LogP) is 4.58. The summed E-state index contributed by atoms with van der Waals surface area (Å²) in [5.41, 5.74) is -0.0886. The number of alkyl halides is 2. The summed E-state index contributed by atoms with van der Waals surface area (Å²) in [5.74, 6) is -0.420. The number of benzene rings is 1. The highest BCUT2D eigenvalue weighted by Crippen LogP contribution is 2.36. The number of hydrogen-bond acceptors (Lipinski definition) is 1. The van der Waals surface area contributed by atoms with Gasteiger partial charge in [-0.05, 0) is 28.7 Å². The Labute approximate surface area is 95.9 Å². The highest BCUT2D eigenvalue weighted by atomic mass is 127. The van der Waals surface area contributed by atoms with Gasteiger partial charge in [-0.2, -0.15) is 0 Å². The van der Waals surface area contributed by atoms with Gasteiger partial charge >= 0.3 is 0 Å². The second-order valence-corrected chi connectivity index (χ2v) is 4.77. The molecule has 0 amide bonds. The molecule has 1 aromatic carbocycles. The first-order valence-electron chi connectivity index (χ1n) is 3.74. The van der Waals surface area contributed by atoms with E-state index in [1.807, 2.05) is 22.6 Å². The second kappa shape index (κ2) is 3.69. The van der Waals surface area contributed by atoms with E-state index in [2.05, 4.69) is 0 Å². The summed E-state index contributed by atoms with van der Waals surface area (Å²) in [7, 11) is 0. The number of halogens is 4. The van der Waals surface area contributed by atoms with Crippen LogP contribution in [0.2, 0.25) is 0 Å². The van der Waals surface area contributed by atoms with Crippen molar-refractivity contribution in [3.05, 3.63) is 32.5 Å². The van der Waals surface area contributed by atoms with Crippen LogP contribution in [0.25, 0.3) is 10.1 Å². The molecule has 0 saturated heterocycles. The van der Waals surface area contributed by atoms with Crippen LogP contribution in [-0.4, -0.2) is 0 Å². The normalized spacial score (nSPS) is 11.5. The van der Waals surface area contributed by atoms with E-state index < -0.39 is 12.2 Å². The first kappa shape index (κ1) is 10.2. The van der Waals surface area contributed by atoms with Gasteiger partial charge < -0.3 is 0 Å². The van der Waals surface area contributed by atoms with Gasteiger partial charge in [-0.1, -0.05) is 6.07 Å². The van der Waals surface area contributed by atoms with Crippen LogP contribution >= 0.6 is 33.9 Å². The molecule has 0 bridgehead atoms. The van der Waals surface area contributed by atoms with Crippen molar-refractivity contribution in [3.63, 3.8) is 0 Å². The zero-order valence-electron chi connectivity index (χ0n) is 6.73. The lowest BCUT2D eigenvalue weighted by molar-refractivity contribution is 0.153. The van der Waals surface area contributed by atoms with Crippen LogP contribution < -0.4 is 0 Å². The highest BCUT2D eigenvalue weighted by molar-refractivity contribution is 14.1. The quantitative estimate of drug-likeness (QED) is 0.672. The molecule has 14 heavy (non-hydrogen) atoms. The van der Waals surface area contributed by atoms with E-state index in [0.29, 0.717) is 13.7 Å². The molecule has 0 nitrogen and oxygen atoms in total. The third-order valence-electron chi connectivity index (χ3n) is 1.89. The maximum absolute atomic E-state index is 13.2. The van der Waals surface area contributed by atoms with Crippen molar-refractivity contribution in [3.8, 4) is 0 Å². The zero-order valence-corrected chi connectivity index (χ0v) is 9.70. The molecule has 0 unspecified atom stereocenters. The minimum Gasteiger partial charge on any atom is -0.205 e. The number of fused-ring (bicyclic) bond motifs is 1. The van der Waals surface area contributed by atoms with Gasteiger partial charge in [0.2, 0.25) is 0 Å². The summed E-state index contributed by atoms with van der Waals surface area (Å²) in [4.78, 5) is 0. The number of hydrogen-bond donors (Lipinski definition) is 0. The molecule has 74 valence electrons. The Kier molecular flexibility index (Phi) is 2.70. The molecule has 0 aliphatic rings. The van der Waals surface area contributed by atoms with Crippen LogP contribution in [0.1, 0.15) is 12.0 Å². The van der Waals surface area contributed by atoms with E-state index in [1.54, 1.807) is 0 Å². The minimum absolute atomic E-state index is 0.0886. The minimum atomic E-state index is -2.55. The molecule has 0 radical (unpaired) electrons. The lowest BCUT2D eigenvalue weighted by Crippen LogP contribution is -1.86. The van der Waals surface area contributed by atoms with E-state index in [0.717, 1.165) is 11.3 Å². The summed E-state index contributed by atoms with van der Waals surface area (Å²) in [6, 6.07) is 2.87. The van der Waals surface area contributed by atoms with Crippen molar-refractivity contribution in [1.82, 2.24) is 0 Å². The summed E-state index contributed by atoms with van der Waals surface area (Å²) in [6.07, 6.45) is -2.55. The first-order chi connectivity index (χ1) is 6.61. The standard InChI is InChI=1S/C9H4F3IS/c10-5-3-14-8-4(9(11)12)1-2-6(13)7(5)8/h1-3,9H. The van der Waals surface area contributed by atoms with E-state index in [1.165, 1.54) is 17.5 Å². The van der Waals surface area contributed by atoms with Crippen LogP contribution in [0.15, 0.2) is 17.5 Å². The van der Waals surface area contributed by atoms with Gasteiger partial charge in [0, 0.05) is 24.6 Å². The second-order valence-electron chi connectivity index (χ2n) is 2.73. The number of rotatable bonds is 1. The Morgan fingerprint density at radius 3 is 2.64 bits per heavy atom. The molecule has 2 rings (SSSR count). The topological polar surface area (TPSA) is 0 Å². The fraction of sp³-hybridized carbons (Fsp3) is 0.111. The first-order valence-corrected chi connectivity index (χ1v) is 5.70. The third kappa shape index (κ3) is 1.52. The van der Waals surface area contributed by atoms with Gasteiger partial charge in [0.25, 0.3) is 6.43 Å². The van der Waals surface area contributed by atoms with Gasteiger partial charge in [0.15, 0.2) is 0 Å². The lowest BCUT2D eigenvalue weighted by atomic mass is 10.2. The van der Waals surface area contributed by atoms with Gasteiger partial charge in [0.05, 0.1) is 0 Å². The van der Waals surface area contributed by atoms with Crippen molar-refractivity contribution in [2.45, 2.75) is 6.43 Å². The molecule has 0 aliphatic carbocycles. The van der Waals surface area contributed by atoms with Crippen molar-refractivity contribution in [1.29, 1.82) is 0 Å². The molecule has 0 N–H and O–H groups in total. The average Bonchev–Trinajstić information content (AvgIpc) is 2.49. The van der Waals surface area contributed by atoms with E-state index in [4.69, 9.17) is 0 Å². The summed E-state index contributed by atoms with van der Waals surface area (Å²) in [6.45, 7) is 0. The highest BCUT2D eigenvalue weighted by Gasteiger charge is 2.16. The SMILES string of the molecule is Fc1csc2c(C(F)F)ccc(I)c12. The smallest absolute Gasteiger partial charge is 0.205 e. The average molecular weight is 328 g/mol. The van der Waals surface area contributed by atoms with Crippen LogP contribution in [0.3, 0.4) is 0 Å². The predicted molar refractivity (Wildman–Crippen MR) is 59.5 cm³/mol. The largest absolute Gasteiger partial charge is 0.265 e. The fourth-order valence-corrected chi connectivity index (χ4v) is 3.11. The molecule has 0 atom stereocenters. The van der Waals surface area contributed by atoms with Crippen molar-refractivity contribution >= 4 is 44.0 Å². The summed E-state index contributed by atoms with van der Waals surface area (Å²) in [5, 5.41) is 1.58. The lowest BCUT2D eigenvalue weighted by Gasteiger charge is -2.02. The molecule has 0 fully saturated rings. The monoisotopic (exact) mass is 328 g/mol. The van der Waals surface area contributed by atoms with E-state index in [9.17, 15) is 13.2 Å². The van der Waals surface area contributed by atoms with Crippen LogP contribution in [-0.2, 0) is 0 Å². The molecule has 1 heterocycles. The van der Waals surface area contributed by atoms with Gasteiger partial charge in [-0.3, -0.25) is 0 Å². The van der Waals surface area contributed by atoms with Crippen molar-refractivity contribution in [2.24, 2.45) is 0 Å². The van der Waals surface area contributed by atoms with Crippen molar-refractivity contribution in [2.75, 3.05) is 0 Å². The van der Waals surface area contributed by atoms with Crippen LogP contribution in [0, 0.1) is 9.39 Å².